The molecule has 0 radical (unpaired) electrons. The predicted octanol–water partition coefficient (Wildman–Crippen LogP) is 5.54. The first-order valence-electron chi connectivity index (χ1n) is 14.0. The van der Waals surface area contributed by atoms with Crippen LogP contribution in [0.3, 0.4) is 0 Å². The van der Waals surface area contributed by atoms with Crippen molar-refractivity contribution < 1.29 is 20.1 Å². The zero-order valence-corrected chi connectivity index (χ0v) is 22.7. The van der Waals surface area contributed by atoms with Crippen LogP contribution in [0.4, 0.5) is 0 Å². The Kier molecular flexibility index (Phi) is 6.74. The van der Waals surface area contributed by atoms with Crippen LogP contribution in [0, 0.1) is 51.8 Å². The van der Waals surface area contributed by atoms with E-state index in [0.717, 1.165) is 44.1 Å². The van der Waals surface area contributed by atoms with Gasteiger partial charge in [-0.05, 0) is 106 Å². The highest BCUT2D eigenvalue weighted by atomic mass is 16.3. The Hall–Kier alpha value is -0.710. The highest BCUT2D eigenvalue weighted by Gasteiger charge is 2.66. The average molecular weight is 475 g/mol. The third-order valence-corrected chi connectivity index (χ3v) is 12.1. The molecule has 3 saturated carbocycles. The molecule has 194 valence electrons. The summed E-state index contributed by atoms with van der Waals surface area (Å²) in [6, 6.07) is 0. The van der Waals surface area contributed by atoms with Crippen LogP contribution in [0.15, 0.2) is 11.6 Å². The lowest BCUT2D eigenvalue weighted by molar-refractivity contribution is -0.136. The van der Waals surface area contributed by atoms with E-state index in [1.54, 1.807) is 0 Å². The fourth-order valence-electron chi connectivity index (χ4n) is 9.03. The Bertz CT molecular complexity index is 830. The monoisotopic (exact) mass is 474 g/mol. The van der Waals surface area contributed by atoms with Gasteiger partial charge in [-0.3, -0.25) is 4.79 Å². The van der Waals surface area contributed by atoms with Crippen molar-refractivity contribution in [2.75, 3.05) is 6.61 Å². The van der Waals surface area contributed by atoms with Crippen LogP contribution in [-0.4, -0.2) is 39.4 Å². The molecule has 0 aromatic heterocycles. The van der Waals surface area contributed by atoms with Gasteiger partial charge in [0.15, 0.2) is 0 Å². The van der Waals surface area contributed by atoms with Gasteiger partial charge in [0.1, 0.15) is 5.78 Å². The van der Waals surface area contributed by atoms with Crippen molar-refractivity contribution in [3.8, 4) is 0 Å². The first kappa shape index (κ1) is 26.4. The number of rotatable bonds is 7. The van der Waals surface area contributed by atoms with Gasteiger partial charge in [-0.2, -0.15) is 0 Å². The number of hydrogen-bond donors (Lipinski definition) is 3. The molecule has 4 aliphatic carbocycles. The van der Waals surface area contributed by atoms with E-state index in [2.05, 4.69) is 47.6 Å². The van der Waals surface area contributed by atoms with Crippen LogP contribution in [0.5, 0.6) is 0 Å². The number of Topliss-reactive ketones (excluding diaryl/α,β-unsaturated/α-hetero) is 1. The van der Waals surface area contributed by atoms with Crippen LogP contribution in [0.1, 0.15) is 99.8 Å². The Balaban J connectivity index is 1.58. The molecule has 4 heteroatoms. The van der Waals surface area contributed by atoms with E-state index in [0.29, 0.717) is 36.4 Å². The topological polar surface area (TPSA) is 77.8 Å². The van der Waals surface area contributed by atoms with Crippen molar-refractivity contribution >= 4 is 5.78 Å². The minimum Gasteiger partial charge on any atom is -0.396 e. The largest absolute Gasteiger partial charge is 0.396 e. The Morgan fingerprint density at radius 3 is 2.41 bits per heavy atom. The maximum absolute atomic E-state index is 14.0. The zero-order valence-electron chi connectivity index (χ0n) is 22.7. The third kappa shape index (κ3) is 3.77. The smallest absolute Gasteiger partial charge is 0.146 e. The lowest BCUT2D eigenvalue weighted by atomic mass is 9.55. The average Bonchev–Trinajstić information content (AvgIpc) is 3.36. The zero-order chi connectivity index (χ0) is 25.3. The molecular weight excluding hydrogens is 424 g/mol. The second kappa shape index (κ2) is 8.70. The van der Waals surface area contributed by atoms with Crippen molar-refractivity contribution in [1.29, 1.82) is 0 Å². The van der Waals surface area contributed by atoms with E-state index < -0.39 is 11.0 Å². The first-order valence-corrected chi connectivity index (χ1v) is 14.0. The molecule has 0 aromatic rings. The van der Waals surface area contributed by atoms with E-state index in [1.807, 2.05) is 6.92 Å². The normalized spacial score (nSPS) is 47.2. The molecule has 0 saturated heterocycles. The Morgan fingerprint density at radius 1 is 1.12 bits per heavy atom. The number of hydrogen-bond acceptors (Lipinski definition) is 4. The summed E-state index contributed by atoms with van der Waals surface area (Å²) in [4.78, 5) is 14.0. The third-order valence-electron chi connectivity index (χ3n) is 12.1. The predicted molar refractivity (Wildman–Crippen MR) is 136 cm³/mol. The molecule has 0 amide bonds. The van der Waals surface area contributed by atoms with Crippen LogP contribution in [0.25, 0.3) is 0 Å². The second-order valence-corrected chi connectivity index (χ2v) is 13.8. The number of carbonyl (C=O) groups excluding carboxylic acids is 1. The van der Waals surface area contributed by atoms with Gasteiger partial charge >= 0.3 is 0 Å². The number of fused-ring (bicyclic) bond motifs is 1. The van der Waals surface area contributed by atoms with Crippen molar-refractivity contribution in [3.63, 3.8) is 0 Å². The molecule has 4 nitrogen and oxygen atoms in total. The molecule has 0 aliphatic heterocycles. The van der Waals surface area contributed by atoms with Gasteiger partial charge in [0.25, 0.3) is 0 Å². The van der Waals surface area contributed by atoms with Gasteiger partial charge in [-0.15, -0.1) is 0 Å². The van der Waals surface area contributed by atoms with E-state index in [9.17, 15) is 20.1 Å². The highest BCUT2D eigenvalue weighted by Crippen LogP contribution is 2.69. The molecule has 0 bridgehead atoms. The summed E-state index contributed by atoms with van der Waals surface area (Å²) < 4.78 is 0. The summed E-state index contributed by atoms with van der Waals surface area (Å²) in [6.45, 7) is 15.5. The number of aliphatic hydroxyl groups excluding tert-OH is 2. The van der Waals surface area contributed by atoms with Gasteiger partial charge in [0.2, 0.25) is 0 Å². The summed E-state index contributed by atoms with van der Waals surface area (Å²) in [7, 11) is 0. The fourth-order valence-corrected chi connectivity index (χ4v) is 9.03. The van der Waals surface area contributed by atoms with E-state index in [-0.39, 0.29) is 41.3 Å². The molecular formula is C30H50O4. The summed E-state index contributed by atoms with van der Waals surface area (Å²) >= 11 is 0. The van der Waals surface area contributed by atoms with Gasteiger partial charge in [0, 0.05) is 17.9 Å². The van der Waals surface area contributed by atoms with Gasteiger partial charge in [-0.25, -0.2) is 0 Å². The quantitative estimate of drug-likeness (QED) is 0.424. The molecule has 34 heavy (non-hydrogen) atoms. The SMILES string of the molecule is CC(C)C(C)(O)[C@]1(C)C[C@@H]1[C@@H](C)[C@H]1CC[C@@H]([C@@H]2CC=C3C[C@@H](O)CC[C@]3(C)C2=O)[C@]1(C)CCO. The summed E-state index contributed by atoms with van der Waals surface area (Å²) in [5, 5.41) is 31.6. The van der Waals surface area contributed by atoms with Gasteiger partial charge in [-0.1, -0.05) is 46.3 Å². The Morgan fingerprint density at radius 2 is 1.79 bits per heavy atom. The van der Waals surface area contributed by atoms with Crippen LogP contribution in [0.2, 0.25) is 0 Å². The van der Waals surface area contributed by atoms with Crippen LogP contribution >= 0.6 is 0 Å². The molecule has 3 N–H and O–H groups in total. The second-order valence-electron chi connectivity index (χ2n) is 13.8. The van der Waals surface area contributed by atoms with Crippen LogP contribution in [-0.2, 0) is 4.79 Å². The molecule has 4 aliphatic rings. The van der Waals surface area contributed by atoms with Gasteiger partial charge in [0.05, 0.1) is 11.7 Å². The molecule has 0 aromatic carbocycles. The maximum Gasteiger partial charge on any atom is 0.146 e. The Labute approximate surface area is 207 Å². The highest BCUT2D eigenvalue weighted by molar-refractivity contribution is 5.91. The summed E-state index contributed by atoms with van der Waals surface area (Å²) in [5.41, 5.74) is -0.0796. The van der Waals surface area contributed by atoms with Crippen LogP contribution < -0.4 is 0 Å². The number of allylic oxidation sites excluding steroid dienone is 1. The van der Waals surface area contributed by atoms with Crippen molar-refractivity contribution in [1.82, 2.24) is 0 Å². The molecule has 10 atom stereocenters. The molecule has 3 fully saturated rings. The minimum absolute atomic E-state index is 0.0158. The molecule has 1 unspecified atom stereocenters. The summed E-state index contributed by atoms with van der Waals surface area (Å²) in [6.07, 6.45) is 8.82. The lowest BCUT2D eigenvalue weighted by Crippen LogP contribution is -2.48. The summed E-state index contributed by atoms with van der Waals surface area (Å²) in [5.74, 6) is 2.31. The lowest BCUT2D eigenvalue weighted by Gasteiger charge is -2.48. The standard InChI is InChI=1S/C30H50O4/c1-18(2)30(7,34)29(6)17-25(29)19(3)23-10-11-24(28(23,5)14-15-31)22-9-8-20-16-21(32)12-13-27(20,4)26(22)33/h8,18-19,21-25,31-32,34H,9-17H2,1-7H3/t19-,21-,22-,23+,24-,25+,27-,28+,29+,30?/m0/s1. The number of ketones is 1. The number of aliphatic hydroxyl groups is 3. The van der Waals surface area contributed by atoms with E-state index in [4.69, 9.17) is 0 Å². The van der Waals surface area contributed by atoms with Crippen molar-refractivity contribution in [2.45, 2.75) is 112 Å². The first-order chi connectivity index (χ1) is 15.7. The molecule has 4 rings (SSSR count). The van der Waals surface area contributed by atoms with E-state index in [1.165, 1.54) is 0 Å². The minimum atomic E-state index is -0.683. The van der Waals surface area contributed by atoms with Crippen molar-refractivity contribution in [3.05, 3.63) is 11.6 Å². The van der Waals surface area contributed by atoms with E-state index >= 15 is 0 Å². The van der Waals surface area contributed by atoms with Gasteiger partial charge < -0.3 is 15.3 Å². The molecule has 0 heterocycles. The molecule has 0 spiro atoms. The van der Waals surface area contributed by atoms with Crippen molar-refractivity contribution in [2.24, 2.45) is 51.8 Å². The number of carbonyl (C=O) groups is 1. The maximum atomic E-state index is 14.0. The fraction of sp³-hybridized carbons (Fsp3) is 0.900.